The summed E-state index contributed by atoms with van der Waals surface area (Å²) in [5.74, 6) is 0.361. The molecule has 0 saturated carbocycles. The van der Waals surface area contributed by atoms with Crippen molar-refractivity contribution >= 4 is 14.3 Å². The quantitative estimate of drug-likeness (QED) is 0.516. The summed E-state index contributed by atoms with van der Waals surface area (Å²) in [5, 5.41) is -1.34. The predicted octanol–water partition coefficient (Wildman–Crippen LogP) is 6.86. The molecule has 0 N–H and O–H groups in total. The van der Waals surface area contributed by atoms with Crippen molar-refractivity contribution in [2.45, 2.75) is 104 Å². The molecule has 0 bridgehead atoms. The SMILES string of the molecule is CC(C)(C)P(=O)(CP(=O)(C(C)(C)C)C(C)(C)C)C(C)(C)C. The van der Waals surface area contributed by atoms with E-state index in [0.717, 1.165) is 0 Å². The first-order valence-electron chi connectivity index (χ1n) is 7.89. The first-order valence-corrected chi connectivity index (χ1v) is 11.7. The van der Waals surface area contributed by atoms with Crippen molar-refractivity contribution in [1.29, 1.82) is 0 Å². The maximum absolute atomic E-state index is 14.0. The van der Waals surface area contributed by atoms with Gasteiger partial charge in [-0.15, -0.1) is 0 Å². The van der Waals surface area contributed by atoms with Crippen LogP contribution in [-0.4, -0.2) is 26.5 Å². The zero-order valence-electron chi connectivity index (χ0n) is 16.4. The summed E-state index contributed by atoms with van der Waals surface area (Å²) in [7, 11) is -5.33. The Morgan fingerprint density at radius 2 is 0.619 bits per heavy atom. The number of rotatable bonds is 2. The lowest BCUT2D eigenvalue weighted by atomic mass is 10.2. The molecule has 0 fully saturated rings. The van der Waals surface area contributed by atoms with Gasteiger partial charge in [0, 0.05) is 20.6 Å². The van der Waals surface area contributed by atoms with E-state index in [2.05, 4.69) is 0 Å². The molecule has 128 valence electrons. The molecule has 21 heavy (non-hydrogen) atoms. The molecule has 0 amide bonds. The van der Waals surface area contributed by atoms with E-state index in [1.165, 1.54) is 0 Å². The molecule has 0 aliphatic heterocycles. The van der Waals surface area contributed by atoms with Crippen LogP contribution in [0.2, 0.25) is 0 Å². The van der Waals surface area contributed by atoms with Crippen molar-refractivity contribution in [2.24, 2.45) is 0 Å². The van der Waals surface area contributed by atoms with Crippen LogP contribution in [0.1, 0.15) is 83.1 Å². The maximum Gasteiger partial charge on any atom is 0.105 e. The van der Waals surface area contributed by atoms with E-state index in [4.69, 9.17) is 0 Å². The van der Waals surface area contributed by atoms with Crippen LogP contribution in [0.5, 0.6) is 0 Å². The van der Waals surface area contributed by atoms with Gasteiger partial charge in [-0.25, -0.2) is 0 Å². The summed E-state index contributed by atoms with van der Waals surface area (Å²) in [6.45, 7) is 24.4. The fourth-order valence-corrected chi connectivity index (χ4v) is 16.2. The number of hydrogen-bond acceptors (Lipinski definition) is 2. The summed E-state index contributed by atoms with van der Waals surface area (Å²) >= 11 is 0. The summed E-state index contributed by atoms with van der Waals surface area (Å²) in [6.07, 6.45) is 0. The molecular weight excluding hydrogens is 298 g/mol. The van der Waals surface area contributed by atoms with Crippen LogP contribution in [0.25, 0.3) is 0 Å². The fraction of sp³-hybridized carbons (Fsp3) is 1.00. The summed E-state index contributed by atoms with van der Waals surface area (Å²) in [5.41, 5.74) is 0. The third-order valence-corrected chi connectivity index (χ3v) is 16.6. The monoisotopic (exact) mass is 336 g/mol. The minimum atomic E-state index is -2.66. The normalized spacial score (nSPS) is 16.2. The highest BCUT2D eigenvalue weighted by atomic mass is 31.2. The largest absolute Gasteiger partial charge is 0.322 e. The van der Waals surface area contributed by atoms with Crippen LogP contribution in [0, 0.1) is 0 Å². The van der Waals surface area contributed by atoms with Gasteiger partial charge in [0.15, 0.2) is 0 Å². The molecule has 0 aromatic carbocycles. The van der Waals surface area contributed by atoms with Crippen molar-refractivity contribution < 1.29 is 9.13 Å². The zero-order valence-corrected chi connectivity index (χ0v) is 18.2. The molecule has 0 heterocycles. The molecule has 0 aromatic rings. The van der Waals surface area contributed by atoms with Gasteiger partial charge in [-0.3, -0.25) is 0 Å². The Hall–Kier alpha value is 0.460. The first-order chi connectivity index (χ1) is 8.71. The van der Waals surface area contributed by atoms with Gasteiger partial charge in [-0.1, -0.05) is 83.1 Å². The Balaban J connectivity index is 6.31. The molecule has 0 unspecified atom stereocenters. The highest BCUT2D eigenvalue weighted by Crippen LogP contribution is 2.79. The van der Waals surface area contributed by atoms with Crippen LogP contribution in [0.15, 0.2) is 0 Å². The van der Waals surface area contributed by atoms with Gasteiger partial charge in [0.2, 0.25) is 0 Å². The number of hydrogen-bond donors (Lipinski definition) is 0. The van der Waals surface area contributed by atoms with Crippen molar-refractivity contribution in [3.8, 4) is 0 Å². The minimum Gasteiger partial charge on any atom is -0.322 e. The van der Waals surface area contributed by atoms with E-state index in [1.807, 2.05) is 83.1 Å². The van der Waals surface area contributed by atoms with Crippen molar-refractivity contribution in [3.05, 3.63) is 0 Å². The van der Waals surface area contributed by atoms with Gasteiger partial charge < -0.3 is 9.13 Å². The summed E-state index contributed by atoms with van der Waals surface area (Å²) in [4.78, 5) is 0. The van der Waals surface area contributed by atoms with Crippen LogP contribution in [-0.2, 0) is 9.13 Å². The topological polar surface area (TPSA) is 34.1 Å². The van der Waals surface area contributed by atoms with Crippen molar-refractivity contribution in [2.75, 3.05) is 5.90 Å². The van der Waals surface area contributed by atoms with E-state index >= 15 is 0 Å². The molecule has 0 aromatic heterocycles. The molecule has 0 saturated heterocycles. The van der Waals surface area contributed by atoms with Gasteiger partial charge >= 0.3 is 0 Å². The van der Waals surface area contributed by atoms with Crippen molar-refractivity contribution in [3.63, 3.8) is 0 Å². The molecule has 0 rings (SSSR count). The molecule has 0 atom stereocenters. The molecule has 0 spiro atoms. The second-order valence-electron chi connectivity index (χ2n) is 10.3. The van der Waals surface area contributed by atoms with Crippen LogP contribution in [0.4, 0.5) is 0 Å². The minimum absolute atomic E-state index is 0.336. The van der Waals surface area contributed by atoms with Crippen LogP contribution in [0.3, 0.4) is 0 Å². The Kier molecular flexibility index (Phi) is 5.64. The highest BCUT2D eigenvalue weighted by molar-refractivity contribution is 7.83. The Morgan fingerprint density at radius 3 is 0.714 bits per heavy atom. The first kappa shape index (κ1) is 21.5. The van der Waals surface area contributed by atoms with E-state index < -0.39 is 14.3 Å². The Labute approximate surface area is 133 Å². The molecule has 0 aliphatic carbocycles. The lowest BCUT2D eigenvalue weighted by molar-refractivity contribution is 0.506. The fourth-order valence-electron chi connectivity index (χ4n) is 3.14. The van der Waals surface area contributed by atoms with E-state index in [-0.39, 0.29) is 20.6 Å². The molecule has 2 nitrogen and oxygen atoms in total. The van der Waals surface area contributed by atoms with Crippen LogP contribution >= 0.6 is 14.3 Å². The molecular formula is C17H38O2P2. The van der Waals surface area contributed by atoms with E-state index in [1.54, 1.807) is 0 Å². The summed E-state index contributed by atoms with van der Waals surface area (Å²) in [6, 6.07) is 0. The second kappa shape index (κ2) is 5.52. The van der Waals surface area contributed by atoms with E-state index in [9.17, 15) is 9.13 Å². The van der Waals surface area contributed by atoms with Gasteiger partial charge in [0.25, 0.3) is 0 Å². The lowest BCUT2D eigenvalue weighted by Crippen LogP contribution is -2.36. The van der Waals surface area contributed by atoms with Gasteiger partial charge in [0.05, 0.1) is 5.90 Å². The standard InChI is InChI=1S/C17H38O2P2/c1-14(2,3)20(18,15(4,5)6)13-21(19,16(7,8)9)17(10,11)12/h13H2,1-12H3. The third kappa shape index (κ3) is 3.87. The van der Waals surface area contributed by atoms with Crippen molar-refractivity contribution in [1.82, 2.24) is 0 Å². The van der Waals surface area contributed by atoms with Gasteiger partial charge in [-0.2, -0.15) is 0 Å². The second-order valence-corrected chi connectivity index (χ2v) is 19.8. The third-order valence-electron chi connectivity index (χ3n) is 4.73. The highest BCUT2D eigenvalue weighted by Gasteiger charge is 2.55. The molecule has 0 aliphatic rings. The van der Waals surface area contributed by atoms with E-state index in [0.29, 0.717) is 5.90 Å². The zero-order chi connectivity index (χ0) is 17.7. The van der Waals surface area contributed by atoms with Gasteiger partial charge in [0.1, 0.15) is 14.3 Å². The van der Waals surface area contributed by atoms with Gasteiger partial charge in [-0.05, 0) is 0 Å². The molecule has 4 heteroatoms. The van der Waals surface area contributed by atoms with Crippen LogP contribution < -0.4 is 0 Å². The Morgan fingerprint density at radius 1 is 0.476 bits per heavy atom. The average Bonchev–Trinajstić information content (AvgIpc) is 2.09. The molecule has 0 radical (unpaired) electrons. The maximum atomic E-state index is 14.0. The average molecular weight is 336 g/mol. The lowest BCUT2D eigenvalue weighted by Gasteiger charge is -2.49. The smallest absolute Gasteiger partial charge is 0.105 e. The predicted molar refractivity (Wildman–Crippen MR) is 99.1 cm³/mol. The Bertz CT molecular complexity index is 383. The summed E-state index contributed by atoms with van der Waals surface area (Å²) < 4.78 is 28.0.